The maximum absolute atomic E-state index is 10.1. The molecule has 0 rings (SSSR count). The first-order chi connectivity index (χ1) is 9.41. The van der Waals surface area contributed by atoms with Crippen LogP contribution >= 0.6 is 0 Å². The van der Waals surface area contributed by atoms with Gasteiger partial charge in [0.1, 0.15) is 6.61 Å². The molecule has 0 aromatic heterocycles. The first kappa shape index (κ1) is 18.9. The third-order valence-electron chi connectivity index (χ3n) is 3.62. The molecule has 0 aliphatic heterocycles. The molecule has 0 saturated carbocycles. The lowest BCUT2D eigenvalue weighted by Gasteiger charge is -2.03. The molecule has 0 aromatic carbocycles. The van der Waals surface area contributed by atoms with Crippen LogP contribution in [0.3, 0.4) is 0 Å². The average Bonchev–Trinajstić information content (AvgIpc) is 2.43. The summed E-state index contributed by atoms with van der Waals surface area (Å²) in [5, 5.41) is 10.1. The summed E-state index contributed by atoms with van der Waals surface area (Å²) in [6.07, 6.45) is 17.9. The van der Waals surface area contributed by atoms with Crippen molar-refractivity contribution in [2.75, 3.05) is 19.8 Å². The maximum Gasteiger partial charge on any atom is 0.106 e. The number of hydrogen-bond donors (Lipinski definition) is 0. The summed E-state index contributed by atoms with van der Waals surface area (Å²) in [4.78, 5) is 0. The molecule has 0 unspecified atom stereocenters. The zero-order valence-corrected chi connectivity index (χ0v) is 13.1. The highest BCUT2D eigenvalue weighted by Gasteiger charge is 1.94. The normalized spacial score (nSPS) is 11.1. The van der Waals surface area contributed by atoms with Gasteiger partial charge in [-0.1, -0.05) is 84.0 Å². The van der Waals surface area contributed by atoms with Crippen LogP contribution in [0.15, 0.2) is 0 Å². The van der Waals surface area contributed by atoms with E-state index >= 15 is 0 Å². The molecule has 0 bridgehead atoms. The van der Waals surface area contributed by atoms with Crippen LogP contribution in [0.2, 0.25) is 0 Å². The number of ether oxygens (including phenoxy) is 1. The standard InChI is InChI=1S/C17H35O2/c1-2-3-4-5-6-7-8-9-10-11-12-13-14-16-19-17-15-18/h2-17H2,1H3. The van der Waals surface area contributed by atoms with Gasteiger partial charge in [0.25, 0.3) is 0 Å². The summed E-state index contributed by atoms with van der Waals surface area (Å²) in [7, 11) is 0. The molecule has 0 aliphatic rings. The fraction of sp³-hybridized carbons (Fsp3) is 1.00. The fourth-order valence-corrected chi connectivity index (χ4v) is 2.38. The Morgan fingerprint density at radius 2 is 1.00 bits per heavy atom. The lowest BCUT2D eigenvalue weighted by Crippen LogP contribution is -1.99. The van der Waals surface area contributed by atoms with Crippen LogP contribution in [0.1, 0.15) is 90.4 Å². The Balaban J connectivity index is 2.88. The van der Waals surface area contributed by atoms with Crippen molar-refractivity contribution in [2.45, 2.75) is 90.4 Å². The van der Waals surface area contributed by atoms with E-state index in [2.05, 4.69) is 6.92 Å². The highest BCUT2D eigenvalue weighted by atomic mass is 16.5. The van der Waals surface area contributed by atoms with E-state index in [1.54, 1.807) is 0 Å². The SMILES string of the molecule is CCCCCCCCCCCCCCCOCC[O]. The first-order valence-electron chi connectivity index (χ1n) is 8.57. The molecular weight excluding hydrogens is 236 g/mol. The predicted octanol–water partition coefficient (Wildman–Crippen LogP) is 5.52. The number of rotatable bonds is 16. The molecule has 0 aliphatic carbocycles. The van der Waals surface area contributed by atoms with Crippen LogP contribution in [-0.2, 0) is 9.84 Å². The summed E-state index contributed by atoms with van der Waals surface area (Å²) < 4.78 is 5.17. The Morgan fingerprint density at radius 3 is 1.42 bits per heavy atom. The number of unbranched alkanes of at least 4 members (excludes halogenated alkanes) is 12. The van der Waals surface area contributed by atoms with Crippen molar-refractivity contribution in [1.82, 2.24) is 0 Å². The van der Waals surface area contributed by atoms with Gasteiger partial charge in [0.05, 0.1) is 6.61 Å². The molecule has 115 valence electrons. The van der Waals surface area contributed by atoms with E-state index in [9.17, 15) is 5.11 Å². The third kappa shape index (κ3) is 17.9. The third-order valence-corrected chi connectivity index (χ3v) is 3.62. The smallest absolute Gasteiger partial charge is 0.106 e. The van der Waals surface area contributed by atoms with Crippen LogP contribution in [-0.4, -0.2) is 19.8 Å². The summed E-state index contributed by atoms with van der Waals surface area (Å²) >= 11 is 0. The second-order valence-corrected chi connectivity index (χ2v) is 5.56. The van der Waals surface area contributed by atoms with Crippen molar-refractivity contribution in [3.8, 4) is 0 Å². The Labute approximate surface area is 120 Å². The van der Waals surface area contributed by atoms with E-state index in [0.717, 1.165) is 13.0 Å². The van der Waals surface area contributed by atoms with E-state index in [-0.39, 0.29) is 6.61 Å². The van der Waals surface area contributed by atoms with Crippen LogP contribution in [0.5, 0.6) is 0 Å². The average molecular weight is 271 g/mol. The molecule has 19 heavy (non-hydrogen) atoms. The second-order valence-electron chi connectivity index (χ2n) is 5.56. The molecule has 2 heteroatoms. The van der Waals surface area contributed by atoms with Gasteiger partial charge in [-0.05, 0) is 6.42 Å². The van der Waals surface area contributed by atoms with E-state index in [0.29, 0.717) is 6.61 Å². The molecule has 0 spiro atoms. The van der Waals surface area contributed by atoms with Gasteiger partial charge < -0.3 is 4.74 Å². The van der Waals surface area contributed by atoms with Gasteiger partial charge in [-0.2, -0.15) is 0 Å². The molecule has 0 heterocycles. The molecule has 2 nitrogen and oxygen atoms in total. The molecular formula is C17H35O2. The van der Waals surface area contributed by atoms with Crippen molar-refractivity contribution >= 4 is 0 Å². The molecule has 0 aromatic rings. The minimum absolute atomic E-state index is 0.0988. The molecule has 0 fully saturated rings. The van der Waals surface area contributed by atoms with Gasteiger partial charge in [-0.3, -0.25) is 0 Å². The molecule has 0 saturated heterocycles. The van der Waals surface area contributed by atoms with Gasteiger partial charge in [0, 0.05) is 6.61 Å². The van der Waals surface area contributed by atoms with Gasteiger partial charge in [-0.15, -0.1) is 0 Å². The molecule has 0 atom stereocenters. The number of hydrogen-bond acceptors (Lipinski definition) is 1. The van der Waals surface area contributed by atoms with Crippen LogP contribution < -0.4 is 0 Å². The largest absolute Gasteiger partial charge is 0.379 e. The fourth-order valence-electron chi connectivity index (χ4n) is 2.38. The van der Waals surface area contributed by atoms with Gasteiger partial charge in [0.2, 0.25) is 0 Å². The van der Waals surface area contributed by atoms with Gasteiger partial charge in [-0.25, -0.2) is 5.11 Å². The van der Waals surface area contributed by atoms with Gasteiger partial charge in [0.15, 0.2) is 0 Å². The van der Waals surface area contributed by atoms with Crippen LogP contribution in [0.25, 0.3) is 0 Å². The highest BCUT2D eigenvalue weighted by molar-refractivity contribution is 4.48. The lowest BCUT2D eigenvalue weighted by atomic mass is 10.0. The Bertz CT molecular complexity index is 132. The molecule has 1 radical (unpaired) electrons. The molecule has 0 N–H and O–H groups in total. The van der Waals surface area contributed by atoms with Crippen molar-refractivity contribution in [3.05, 3.63) is 0 Å². The first-order valence-corrected chi connectivity index (χ1v) is 8.57. The Kier molecular flexibility index (Phi) is 17.8. The lowest BCUT2D eigenvalue weighted by molar-refractivity contribution is 0.0618. The quantitative estimate of drug-likeness (QED) is 0.340. The summed E-state index contributed by atoms with van der Waals surface area (Å²) in [5.74, 6) is 0. The van der Waals surface area contributed by atoms with E-state index in [4.69, 9.17) is 4.74 Å². The minimum Gasteiger partial charge on any atom is -0.379 e. The predicted molar refractivity (Wildman–Crippen MR) is 82.1 cm³/mol. The second kappa shape index (κ2) is 17.9. The zero-order chi connectivity index (χ0) is 14.0. The van der Waals surface area contributed by atoms with Gasteiger partial charge >= 0.3 is 0 Å². The summed E-state index contributed by atoms with van der Waals surface area (Å²) in [5.41, 5.74) is 0. The topological polar surface area (TPSA) is 29.1 Å². The highest BCUT2D eigenvalue weighted by Crippen LogP contribution is 2.12. The van der Waals surface area contributed by atoms with E-state index < -0.39 is 0 Å². The Morgan fingerprint density at radius 1 is 0.579 bits per heavy atom. The van der Waals surface area contributed by atoms with Crippen molar-refractivity contribution in [1.29, 1.82) is 0 Å². The van der Waals surface area contributed by atoms with E-state index in [1.807, 2.05) is 0 Å². The summed E-state index contributed by atoms with van der Waals surface area (Å²) in [6, 6.07) is 0. The van der Waals surface area contributed by atoms with Crippen molar-refractivity contribution in [3.63, 3.8) is 0 Å². The van der Waals surface area contributed by atoms with Crippen molar-refractivity contribution < 1.29 is 9.84 Å². The zero-order valence-electron chi connectivity index (χ0n) is 13.1. The summed E-state index contributed by atoms with van der Waals surface area (Å²) in [6.45, 7) is 3.34. The monoisotopic (exact) mass is 271 g/mol. The van der Waals surface area contributed by atoms with Crippen LogP contribution in [0, 0.1) is 0 Å². The van der Waals surface area contributed by atoms with Crippen molar-refractivity contribution in [2.24, 2.45) is 0 Å². The van der Waals surface area contributed by atoms with Crippen LogP contribution in [0.4, 0.5) is 0 Å². The molecule has 0 amide bonds. The minimum atomic E-state index is -0.0988. The van der Waals surface area contributed by atoms with E-state index in [1.165, 1.54) is 77.0 Å². The Hall–Kier alpha value is -0.0800. The maximum atomic E-state index is 10.1.